The lowest BCUT2D eigenvalue weighted by atomic mass is 10.0. The summed E-state index contributed by atoms with van der Waals surface area (Å²) in [4.78, 5) is 30.4. The van der Waals surface area contributed by atoms with E-state index in [-0.39, 0.29) is 25.2 Å². The Kier molecular flexibility index (Phi) is 12.4. The molecular weight excluding hydrogens is 715 g/mol. The number of hydrogen-bond donors (Lipinski definition) is 3. The molecule has 0 spiro atoms. The fraction of sp³-hybridized carbons (Fsp3) is 0.205. The summed E-state index contributed by atoms with van der Waals surface area (Å²) in [5.41, 5.74) is 6.66. The van der Waals surface area contributed by atoms with Gasteiger partial charge in [-0.25, -0.2) is 14.6 Å². The molecule has 0 bridgehead atoms. The lowest BCUT2D eigenvalue weighted by Crippen LogP contribution is -2.45. The van der Waals surface area contributed by atoms with Gasteiger partial charge in [-0.15, -0.1) is 0 Å². The Morgan fingerprint density at radius 1 is 0.800 bits per heavy atom. The molecule has 10 nitrogen and oxygen atoms in total. The van der Waals surface area contributed by atoms with E-state index in [1.165, 1.54) is 18.9 Å². The van der Waals surface area contributed by atoms with Gasteiger partial charge in [0.15, 0.2) is 12.1 Å². The van der Waals surface area contributed by atoms with Crippen LogP contribution in [0.25, 0.3) is 22.6 Å². The number of thioether (sulfide) groups is 1. The summed E-state index contributed by atoms with van der Waals surface area (Å²) in [7, 11) is 1.30. The molecule has 1 fully saturated rings. The molecule has 280 valence electrons. The molecule has 2 heterocycles. The third-order valence-corrected chi connectivity index (χ3v) is 10.2. The van der Waals surface area contributed by atoms with E-state index in [0.717, 1.165) is 39.1 Å². The molecule has 5 aromatic carbocycles. The number of aliphatic hydroxyl groups excluding tert-OH is 1. The predicted octanol–water partition coefficient (Wildman–Crippen LogP) is 8.74. The number of aliphatic hydroxyl groups is 1. The highest BCUT2D eigenvalue weighted by molar-refractivity contribution is 7.99. The van der Waals surface area contributed by atoms with E-state index in [0.29, 0.717) is 28.8 Å². The van der Waals surface area contributed by atoms with E-state index in [1.54, 1.807) is 12.1 Å². The fourth-order valence-corrected chi connectivity index (χ4v) is 7.20. The molecule has 1 aromatic heterocycles. The summed E-state index contributed by atoms with van der Waals surface area (Å²) in [6.45, 7) is -0.0440. The van der Waals surface area contributed by atoms with Crippen LogP contribution in [0.3, 0.4) is 0 Å². The van der Waals surface area contributed by atoms with E-state index in [4.69, 9.17) is 23.6 Å². The van der Waals surface area contributed by atoms with Crippen molar-refractivity contribution < 1.29 is 33.3 Å². The zero-order valence-corrected chi connectivity index (χ0v) is 31.0. The summed E-state index contributed by atoms with van der Waals surface area (Å²) in [5.74, 6) is 0.727. The monoisotopic (exact) mass is 755 g/mol. The van der Waals surface area contributed by atoms with Crippen LogP contribution in [0.4, 0.5) is 10.5 Å². The summed E-state index contributed by atoms with van der Waals surface area (Å²) < 4.78 is 24.4. The van der Waals surface area contributed by atoms with Crippen molar-refractivity contribution in [2.45, 2.75) is 49.2 Å². The van der Waals surface area contributed by atoms with Gasteiger partial charge >= 0.3 is 12.0 Å². The van der Waals surface area contributed by atoms with Gasteiger partial charge in [0.05, 0.1) is 25.9 Å². The number of nitrogens with one attached hydrogen (secondary N) is 2. The van der Waals surface area contributed by atoms with E-state index >= 15 is 0 Å². The molecule has 0 saturated carbocycles. The first-order chi connectivity index (χ1) is 26.9. The molecule has 6 aromatic rings. The van der Waals surface area contributed by atoms with Crippen LogP contribution >= 0.6 is 11.8 Å². The third kappa shape index (κ3) is 9.69. The van der Waals surface area contributed by atoms with E-state index in [9.17, 15) is 14.7 Å². The van der Waals surface area contributed by atoms with E-state index in [2.05, 4.69) is 10.6 Å². The zero-order valence-electron chi connectivity index (χ0n) is 30.2. The van der Waals surface area contributed by atoms with Crippen molar-refractivity contribution in [2.24, 2.45) is 0 Å². The number of oxazole rings is 1. The summed E-state index contributed by atoms with van der Waals surface area (Å²) >= 11 is 1.49. The van der Waals surface area contributed by atoms with Crippen molar-refractivity contribution in [1.82, 2.24) is 10.3 Å². The number of methoxy groups -OCH3 is 1. The number of amides is 2. The number of carbonyl (C=O) groups is 2. The van der Waals surface area contributed by atoms with Gasteiger partial charge in [0.2, 0.25) is 0 Å². The Morgan fingerprint density at radius 3 is 2.09 bits per heavy atom. The van der Waals surface area contributed by atoms with Crippen molar-refractivity contribution in [3.8, 4) is 22.6 Å². The summed E-state index contributed by atoms with van der Waals surface area (Å²) in [5, 5.41) is 15.7. The molecule has 0 aliphatic carbocycles. The van der Waals surface area contributed by atoms with Crippen molar-refractivity contribution in [3.05, 3.63) is 162 Å². The quantitative estimate of drug-likeness (QED) is 0.0782. The van der Waals surface area contributed by atoms with E-state index < -0.39 is 24.3 Å². The number of rotatable bonds is 13. The van der Waals surface area contributed by atoms with Gasteiger partial charge in [0.1, 0.15) is 11.7 Å². The minimum atomic E-state index is -0.861. The average molecular weight is 756 g/mol. The minimum absolute atomic E-state index is 0.0440. The molecule has 0 radical (unpaired) electrons. The highest BCUT2D eigenvalue weighted by Gasteiger charge is 2.33. The Labute approximate surface area is 323 Å². The summed E-state index contributed by atoms with van der Waals surface area (Å²) in [6.07, 6.45) is -0.350. The van der Waals surface area contributed by atoms with Gasteiger partial charge < -0.3 is 34.4 Å². The van der Waals surface area contributed by atoms with Crippen LogP contribution in [-0.2, 0) is 32.0 Å². The number of esters is 1. The number of anilines is 1. The van der Waals surface area contributed by atoms with Crippen molar-refractivity contribution >= 4 is 29.4 Å². The zero-order chi connectivity index (χ0) is 38.0. The number of aromatic nitrogens is 1. The molecule has 11 heteroatoms. The maximum absolute atomic E-state index is 13.0. The van der Waals surface area contributed by atoms with Crippen LogP contribution in [0.5, 0.6) is 0 Å². The van der Waals surface area contributed by atoms with Crippen LogP contribution < -0.4 is 10.6 Å². The second kappa shape index (κ2) is 18.1. The Bertz CT molecular complexity index is 2090. The molecular formula is C44H41N3O7S. The molecule has 4 atom stereocenters. The minimum Gasteiger partial charge on any atom is -0.467 e. The van der Waals surface area contributed by atoms with Crippen LogP contribution in [0.2, 0.25) is 0 Å². The maximum atomic E-state index is 13.0. The third-order valence-electron chi connectivity index (χ3n) is 9.21. The van der Waals surface area contributed by atoms with Gasteiger partial charge in [-0.3, -0.25) is 0 Å². The van der Waals surface area contributed by atoms with Gasteiger partial charge in [0.25, 0.3) is 5.22 Å². The van der Waals surface area contributed by atoms with Crippen LogP contribution in [0, 0.1) is 0 Å². The first-order valence-electron chi connectivity index (χ1n) is 18.0. The molecule has 55 heavy (non-hydrogen) atoms. The Morgan fingerprint density at radius 2 is 1.44 bits per heavy atom. The first-order valence-corrected chi connectivity index (χ1v) is 19.0. The maximum Gasteiger partial charge on any atom is 0.328 e. The lowest BCUT2D eigenvalue weighted by molar-refractivity contribution is -0.245. The van der Waals surface area contributed by atoms with Crippen molar-refractivity contribution in [3.63, 3.8) is 0 Å². The van der Waals surface area contributed by atoms with Crippen LogP contribution in [0.15, 0.2) is 149 Å². The second-order valence-corrected chi connectivity index (χ2v) is 14.0. The van der Waals surface area contributed by atoms with Gasteiger partial charge in [-0.2, -0.15) is 0 Å². The molecule has 3 N–H and O–H groups in total. The Hall–Kier alpha value is -5.72. The lowest BCUT2D eigenvalue weighted by Gasteiger charge is -2.36. The van der Waals surface area contributed by atoms with Gasteiger partial charge in [-0.05, 0) is 28.8 Å². The van der Waals surface area contributed by atoms with Gasteiger partial charge in [0, 0.05) is 41.0 Å². The molecule has 1 aliphatic heterocycles. The second-order valence-electron chi connectivity index (χ2n) is 13.0. The van der Waals surface area contributed by atoms with Crippen molar-refractivity contribution in [2.75, 3.05) is 18.2 Å². The largest absolute Gasteiger partial charge is 0.467 e. The number of carbonyl (C=O) groups excluding carboxylic acids is 2. The Balaban J connectivity index is 1.06. The number of benzene rings is 5. The normalized spacial score (nSPS) is 17.2. The molecule has 1 saturated heterocycles. The van der Waals surface area contributed by atoms with E-state index in [1.807, 2.05) is 127 Å². The highest BCUT2D eigenvalue weighted by Crippen LogP contribution is 2.41. The van der Waals surface area contributed by atoms with Crippen LogP contribution in [0.1, 0.15) is 41.1 Å². The fourth-order valence-electron chi connectivity index (χ4n) is 6.36. The van der Waals surface area contributed by atoms with Crippen LogP contribution in [-0.4, -0.2) is 47.1 Å². The molecule has 7 rings (SSSR count). The number of ether oxygens (including phenoxy) is 3. The standard InChI is InChI=1S/C44H41N3O7S/c1-51-41(49)37(25-29-11-5-2-6-12-29)46-43(50)45-35-23-21-34(22-24-35)42-52-36(26-38(53-42)31-19-17-30(27-48)18-20-31)28-55-44-47-39(32-13-7-3-8-14-32)40(54-44)33-15-9-4-10-16-33/h2-24,36-38,42,48H,25-28H2,1H3,(H2,45,46,50)/t36-,37-,38+,42+/m0/s1. The summed E-state index contributed by atoms with van der Waals surface area (Å²) in [6, 6.07) is 42.9. The number of nitrogens with zero attached hydrogens (tertiary/aromatic N) is 1. The smallest absolute Gasteiger partial charge is 0.328 e. The number of hydrogen-bond acceptors (Lipinski definition) is 9. The first kappa shape index (κ1) is 37.6. The SMILES string of the molecule is COC(=O)[C@H](Cc1ccccc1)NC(=O)Nc1ccc([C@@H]2O[C@H](CSc3nc(-c4ccccc4)c(-c4ccccc4)o3)C[C@H](c3ccc(CO)cc3)O2)cc1. The average Bonchev–Trinajstić information content (AvgIpc) is 3.68. The number of urea groups is 1. The topological polar surface area (TPSA) is 132 Å². The highest BCUT2D eigenvalue weighted by atomic mass is 32.2. The van der Waals surface area contributed by atoms with Crippen molar-refractivity contribution in [1.29, 1.82) is 0 Å². The van der Waals surface area contributed by atoms with Gasteiger partial charge in [-0.1, -0.05) is 139 Å². The molecule has 1 aliphatic rings. The predicted molar refractivity (Wildman–Crippen MR) is 211 cm³/mol. The molecule has 0 unspecified atom stereocenters. The molecule has 2 amide bonds.